The molecule has 3 rings (SSSR count). The average Bonchev–Trinajstić information content (AvgIpc) is 2.98. The number of nitrogens with one attached hydrogen (secondary N) is 1. The predicted molar refractivity (Wildman–Crippen MR) is 182 cm³/mol. The molecule has 8 nitrogen and oxygen atoms in total. The highest BCUT2D eigenvalue weighted by Crippen LogP contribution is 2.27. The summed E-state index contributed by atoms with van der Waals surface area (Å²) in [5.74, 6) is 0.176. The molecule has 1 aliphatic rings. The van der Waals surface area contributed by atoms with E-state index >= 15 is 0 Å². The smallest absolute Gasteiger partial charge is 0.240 e. The summed E-state index contributed by atoms with van der Waals surface area (Å²) in [6, 6.07) is 9.86. The Bertz CT molecular complexity index is 1240. The molecule has 4 atom stereocenters. The van der Waals surface area contributed by atoms with Crippen LogP contribution in [0.3, 0.4) is 0 Å². The van der Waals surface area contributed by atoms with Crippen LogP contribution in [0.15, 0.2) is 36.4 Å². The minimum absolute atomic E-state index is 0.0779. The molecule has 2 amide bonds. The molecule has 10 heteroatoms. The highest BCUT2D eigenvalue weighted by Gasteiger charge is 2.40. The normalized spacial score (nSPS) is 18.5. The number of nitrogens with two attached hydrogens (primary N) is 3. The SMILES string of the molecule is Cc1cc(CC(N)C(=O)N2C[C@H](CCCCNCCN)N(C(=O)C(N)Cc3ccc(Cl)c(C)c3)C[C@H]2CC(C)C)ccc1Cl. The van der Waals surface area contributed by atoms with Gasteiger partial charge in [0.25, 0.3) is 0 Å². The molecule has 2 aromatic carbocycles. The number of unbranched alkanes of at least 4 members (excludes halogenated alkanes) is 1. The van der Waals surface area contributed by atoms with Crippen LogP contribution in [0.25, 0.3) is 0 Å². The van der Waals surface area contributed by atoms with Crippen molar-refractivity contribution in [2.24, 2.45) is 23.1 Å². The van der Waals surface area contributed by atoms with Gasteiger partial charge in [0, 0.05) is 48.3 Å². The van der Waals surface area contributed by atoms with E-state index in [2.05, 4.69) is 19.2 Å². The number of rotatable bonds is 15. The number of hydrogen-bond acceptors (Lipinski definition) is 6. The summed E-state index contributed by atoms with van der Waals surface area (Å²) in [5, 5.41) is 4.72. The molecule has 1 saturated heterocycles. The molecule has 2 aromatic rings. The fourth-order valence-electron chi connectivity index (χ4n) is 6.12. The van der Waals surface area contributed by atoms with Crippen LogP contribution in [-0.4, -0.2) is 78.5 Å². The van der Waals surface area contributed by atoms with Gasteiger partial charge in [0.1, 0.15) is 0 Å². The first-order valence-electron chi connectivity index (χ1n) is 15.9. The molecular formula is C34H52Cl2N6O2. The molecule has 7 N–H and O–H groups in total. The molecule has 1 heterocycles. The van der Waals surface area contributed by atoms with Crippen LogP contribution in [0.1, 0.15) is 61.8 Å². The number of nitrogens with zero attached hydrogens (tertiary/aromatic N) is 2. The van der Waals surface area contributed by atoms with Crippen molar-refractivity contribution in [3.05, 3.63) is 68.7 Å². The third kappa shape index (κ3) is 10.4. The molecule has 2 unspecified atom stereocenters. The average molecular weight is 648 g/mol. The van der Waals surface area contributed by atoms with Gasteiger partial charge >= 0.3 is 0 Å². The fraction of sp³-hybridized carbons (Fsp3) is 0.588. The van der Waals surface area contributed by atoms with E-state index in [1.807, 2.05) is 60.0 Å². The molecule has 1 aliphatic heterocycles. The summed E-state index contributed by atoms with van der Waals surface area (Å²) in [6.07, 6.45) is 4.24. The minimum atomic E-state index is -0.693. The molecule has 0 aliphatic carbocycles. The number of aryl methyl sites for hydroxylation is 2. The Hall–Kier alpha value is -2.20. The van der Waals surface area contributed by atoms with Crippen molar-refractivity contribution in [1.29, 1.82) is 0 Å². The van der Waals surface area contributed by atoms with Crippen LogP contribution in [0, 0.1) is 19.8 Å². The Kier molecular flexibility index (Phi) is 14.4. The van der Waals surface area contributed by atoms with Crippen LogP contribution in [0.4, 0.5) is 0 Å². The lowest BCUT2D eigenvalue weighted by molar-refractivity contribution is -0.149. The van der Waals surface area contributed by atoms with E-state index in [1.165, 1.54) is 0 Å². The van der Waals surface area contributed by atoms with E-state index in [9.17, 15) is 9.59 Å². The van der Waals surface area contributed by atoms with Crippen molar-refractivity contribution < 1.29 is 9.59 Å². The van der Waals surface area contributed by atoms with Gasteiger partial charge < -0.3 is 32.3 Å². The number of carbonyl (C=O) groups excluding carboxylic acids is 2. The monoisotopic (exact) mass is 646 g/mol. The first kappa shape index (κ1) is 36.3. The lowest BCUT2D eigenvalue weighted by Gasteiger charge is -2.48. The van der Waals surface area contributed by atoms with Crippen molar-refractivity contribution in [3.8, 4) is 0 Å². The van der Waals surface area contributed by atoms with Crippen LogP contribution < -0.4 is 22.5 Å². The zero-order chi connectivity index (χ0) is 32.4. The highest BCUT2D eigenvalue weighted by atomic mass is 35.5. The molecule has 0 radical (unpaired) electrons. The second-order valence-electron chi connectivity index (χ2n) is 12.7. The largest absolute Gasteiger partial charge is 0.335 e. The van der Waals surface area contributed by atoms with Gasteiger partial charge in [-0.25, -0.2) is 0 Å². The van der Waals surface area contributed by atoms with Crippen molar-refractivity contribution in [2.75, 3.05) is 32.7 Å². The van der Waals surface area contributed by atoms with Crippen LogP contribution in [0.5, 0.6) is 0 Å². The Morgan fingerprint density at radius 1 is 0.841 bits per heavy atom. The van der Waals surface area contributed by atoms with Crippen molar-refractivity contribution in [2.45, 2.75) is 90.4 Å². The van der Waals surface area contributed by atoms with E-state index in [-0.39, 0.29) is 23.9 Å². The lowest BCUT2D eigenvalue weighted by Crippen LogP contribution is -2.65. The van der Waals surface area contributed by atoms with Gasteiger partial charge in [0.2, 0.25) is 11.8 Å². The minimum Gasteiger partial charge on any atom is -0.335 e. The van der Waals surface area contributed by atoms with Gasteiger partial charge in [-0.15, -0.1) is 0 Å². The van der Waals surface area contributed by atoms with Gasteiger partial charge in [-0.1, -0.05) is 67.7 Å². The summed E-state index contributed by atoms with van der Waals surface area (Å²) in [6.45, 7) is 11.3. The van der Waals surface area contributed by atoms with E-state index in [0.717, 1.165) is 61.0 Å². The number of amides is 2. The number of hydrogen-bond donors (Lipinski definition) is 4. The number of halogens is 2. The second-order valence-corrected chi connectivity index (χ2v) is 13.6. The maximum Gasteiger partial charge on any atom is 0.240 e. The molecule has 1 fully saturated rings. The number of carbonyl (C=O) groups is 2. The Morgan fingerprint density at radius 2 is 1.34 bits per heavy atom. The maximum atomic E-state index is 14.0. The summed E-state index contributed by atoms with van der Waals surface area (Å²) in [4.78, 5) is 31.9. The Balaban J connectivity index is 1.81. The summed E-state index contributed by atoms with van der Waals surface area (Å²) in [5.41, 5.74) is 22.6. The third-order valence-corrected chi connectivity index (χ3v) is 9.31. The zero-order valence-electron chi connectivity index (χ0n) is 26.8. The molecule has 244 valence electrons. The molecule has 0 saturated carbocycles. The topological polar surface area (TPSA) is 131 Å². The molecule has 0 spiro atoms. The van der Waals surface area contributed by atoms with Crippen LogP contribution in [-0.2, 0) is 22.4 Å². The van der Waals surface area contributed by atoms with E-state index in [1.54, 1.807) is 0 Å². The van der Waals surface area contributed by atoms with Gasteiger partial charge in [-0.3, -0.25) is 9.59 Å². The predicted octanol–water partition coefficient (Wildman–Crippen LogP) is 4.22. The standard InChI is InChI=1S/C34H52Cl2N6O2/c1-22(2)15-28-21-41(33(43)31(38)18-25-8-10-29(35)23(3)16-25)27(7-5-6-13-40-14-12-37)20-42(28)34(44)32(39)19-26-9-11-30(36)24(4)17-26/h8-11,16-17,22,27-28,31-32,40H,5-7,12-15,18-21,37-39H2,1-4H3/t27-,28+,31?,32?/m0/s1. The van der Waals surface area contributed by atoms with Crippen LogP contribution in [0.2, 0.25) is 10.0 Å². The molecular weight excluding hydrogens is 595 g/mol. The molecule has 0 aromatic heterocycles. The lowest BCUT2D eigenvalue weighted by atomic mass is 9.93. The Labute approximate surface area is 274 Å². The zero-order valence-corrected chi connectivity index (χ0v) is 28.3. The second kappa shape index (κ2) is 17.5. The summed E-state index contributed by atoms with van der Waals surface area (Å²) in [7, 11) is 0. The van der Waals surface area contributed by atoms with Crippen LogP contribution >= 0.6 is 23.2 Å². The third-order valence-electron chi connectivity index (χ3n) is 8.46. The highest BCUT2D eigenvalue weighted by molar-refractivity contribution is 6.31. The summed E-state index contributed by atoms with van der Waals surface area (Å²) < 4.78 is 0. The Morgan fingerprint density at radius 3 is 1.82 bits per heavy atom. The van der Waals surface area contributed by atoms with Crippen molar-refractivity contribution in [1.82, 2.24) is 15.1 Å². The van der Waals surface area contributed by atoms with Gasteiger partial charge in [-0.2, -0.15) is 0 Å². The van der Waals surface area contributed by atoms with E-state index in [0.29, 0.717) is 48.4 Å². The maximum absolute atomic E-state index is 14.0. The quantitative estimate of drug-likeness (QED) is 0.214. The van der Waals surface area contributed by atoms with Crippen molar-refractivity contribution >= 4 is 35.0 Å². The van der Waals surface area contributed by atoms with Gasteiger partial charge in [0.15, 0.2) is 0 Å². The van der Waals surface area contributed by atoms with Gasteiger partial charge in [0.05, 0.1) is 12.1 Å². The van der Waals surface area contributed by atoms with E-state index < -0.39 is 12.1 Å². The first-order chi connectivity index (χ1) is 20.9. The molecule has 44 heavy (non-hydrogen) atoms. The fourth-order valence-corrected chi connectivity index (χ4v) is 6.35. The van der Waals surface area contributed by atoms with Gasteiger partial charge in [-0.05, 0) is 92.8 Å². The van der Waals surface area contributed by atoms with Crippen molar-refractivity contribution in [3.63, 3.8) is 0 Å². The number of piperazine rings is 1. The first-order valence-corrected chi connectivity index (χ1v) is 16.7. The van der Waals surface area contributed by atoms with E-state index in [4.69, 9.17) is 40.4 Å². The number of benzene rings is 2. The summed E-state index contributed by atoms with van der Waals surface area (Å²) >= 11 is 12.4. The molecule has 0 bridgehead atoms.